The van der Waals surface area contributed by atoms with Crippen molar-refractivity contribution in [3.63, 3.8) is 0 Å². The lowest BCUT2D eigenvalue weighted by Crippen LogP contribution is -2.45. The summed E-state index contributed by atoms with van der Waals surface area (Å²) < 4.78 is 5.46. The third-order valence-corrected chi connectivity index (χ3v) is 14.0. The molecular weight excluding hydrogens is 827 g/mol. The average Bonchev–Trinajstić information content (AvgIpc) is 3.33. The van der Waals surface area contributed by atoms with E-state index in [-0.39, 0.29) is 18.5 Å². The van der Waals surface area contributed by atoms with Gasteiger partial charge in [0, 0.05) is 12.8 Å². The van der Waals surface area contributed by atoms with Gasteiger partial charge in [0.1, 0.15) is 0 Å². The number of hydrogen-bond acceptors (Lipinski definition) is 5. The van der Waals surface area contributed by atoms with Crippen LogP contribution < -0.4 is 5.32 Å². The van der Waals surface area contributed by atoms with Gasteiger partial charge in [-0.05, 0) is 57.8 Å². The molecule has 3 N–H and O–H groups in total. The Bertz CT molecular complexity index is 1040. The minimum atomic E-state index is -0.850. The molecular formula is C61H117NO5. The fraction of sp³-hybridized carbons (Fsp3) is 0.902. The molecule has 0 bridgehead atoms. The number of aliphatic hydroxyl groups excluding tert-OH is 2. The van der Waals surface area contributed by atoms with Crippen LogP contribution in [0.15, 0.2) is 24.3 Å². The first kappa shape index (κ1) is 65.3. The molecule has 2 atom stereocenters. The number of allylic oxidation sites excluding steroid dienone is 3. The molecule has 0 fully saturated rings. The maximum absolute atomic E-state index is 12.5. The summed E-state index contributed by atoms with van der Waals surface area (Å²) in [4.78, 5) is 24.5. The van der Waals surface area contributed by atoms with E-state index in [1.165, 1.54) is 257 Å². The summed E-state index contributed by atoms with van der Waals surface area (Å²) in [6, 6.07) is -0.634. The molecule has 0 aliphatic heterocycles. The summed E-state index contributed by atoms with van der Waals surface area (Å²) >= 11 is 0. The topological polar surface area (TPSA) is 95.9 Å². The van der Waals surface area contributed by atoms with Gasteiger partial charge in [0.2, 0.25) is 5.91 Å². The molecule has 0 aliphatic carbocycles. The molecule has 0 aromatic heterocycles. The Hall–Kier alpha value is -1.66. The molecule has 0 aliphatic rings. The highest BCUT2D eigenvalue weighted by Gasteiger charge is 2.18. The number of rotatable bonds is 56. The Morgan fingerprint density at radius 2 is 0.701 bits per heavy atom. The first-order chi connectivity index (χ1) is 33.0. The molecule has 0 aromatic carbocycles. The fourth-order valence-electron chi connectivity index (χ4n) is 9.34. The lowest BCUT2D eigenvalue weighted by Gasteiger charge is -2.20. The average molecular weight is 945 g/mol. The normalized spacial score (nSPS) is 12.7. The van der Waals surface area contributed by atoms with Crippen molar-refractivity contribution in [3.8, 4) is 0 Å². The van der Waals surface area contributed by atoms with Crippen molar-refractivity contribution in [2.75, 3.05) is 13.2 Å². The zero-order valence-corrected chi connectivity index (χ0v) is 45.1. The van der Waals surface area contributed by atoms with E-state index in [4.69, 9.17) is 4.74 Å². The van der Waals surface area contributed by atoms with E-state index in [1.54, 1.807) is 6.08 Å². The minimum Gasteiger partial charge on any atom is -0.466 e. The van der Waals surface area contributed by atoms with Gasteiger partial charge >= 0.3 is 5.97 Å². The van der Waals surface area contributed by atoms with E-state index in [0.717, 1.165) is 44.9 Å². The van der Waals surface area contributed by atoms with Gasteiger partial charge in [-0.1, -0.05) is 282 Å². The maximum atomic E-state index is 12.5. The van der Waals surface area contributed by atoms with E-state index < -0.39 is 12.1 Å². The monoisotopic (exact) mass is 944 g/mol. The highest BCUT2D eigenvalue weighted by atomic mass is 16.5. The first-order valence-corrected chi connectivity index (χ1v) is 30.1. The molecule has 67 heavy (non-hydrogen) atoms. The van der Waals surface area contributed by atoms with Gasteiger partial charge in [-0.15, -0.1) is 0 Å². The minimum absolute atomic E-state index is 0.00662. The zero-order chi connectivity index (χ0) is 48.6. The second-order valence-corrected chi connectivity index (χ2v) is 20.7. The van der Waals surface area contributed by atoms with Gasteiger partial charge in [0.15, 0.2) is 0 Å². The van der Waals surface area contributed by atoms with Crippen molar-refractivity contribution in [2.24, 2.45) is 0 Å². The summed E-state index contributed by atoms with van der Waals surface area (Å²) in [7, 11) is 0. The summed E-state index contributed by atoms with van der Waals surface area (Å²) in [6.45, 7) is 4.89. The SMILES string of the molecule is CCCCCC/C=C\CCCCCCCC(=O)OCCCCCCCCCCCCCCCCCCC(=O)NC(CO)C(O)/C=C/CCCCCCCCCCCCCCCCCCCCC. The van der Waals surface area contributed by atoms with Gasteiger partial charge in [0.25, 0.3) is 0 Å². The lowest BCUT2D eigenvalue weighted by molar-refractivity contribution is -0.143. The largest absolute Gasteiger partial charge is 0.466 e. The molecule has 1 amide bonds. The summed E-state index contributed by atoms with van der Waals surface area (Å²) in [5.74, 6) is -0.0788. The van der Waals surface area contributed by atoms with Crippen LogP contribution in [0.3, 0.4) is 0 Å². The van der Waals surface area contributed by atoms with Crippen molar-refractivity contribution in [1.29, 1.82) is 0 Å². The van der Waals surface area contributed by atoms with Crippen LogP contribution in [0.1, 0.15) is 328 Å². The Balaban J connectivity index is 3.46. The number of ether oxygens (including phenoxy) is 1. The highest BCUT2D eigenvalue weighted by Crippen LogP contribution is 2.17. The molecule has 396 valence electrons. The Morgan fingerprint density at radius 3 is 1.07 bits per heavy atom. The molecule has 0 aromatic rings. The molecule has 6 heteroatoms. The first-order valence-electron chi connectivity index (χ1n) is 30.1. The van der Waals surface area contributed by atoms with Crippen LogP contribution in [0.5, 0.6) is 0 Å². The summed E-state index contributed by atoms with van der Waals surface area (Å²) in [5.41, 5.74) is 0. The smallest absolute Gasteiger partial charge is 0.305 e. The van der Waals surface area contributed by atoms with Crippen molar-refractivity contribution in [1.82, 2.24) is 5.32 Å². The molecule has 0 rings (SSSR count). The fourth-order valence-corrected chi connectivity index (χ4v) is 9.34. The van der Waals surface area contributed by atoms with Gasteiger partial charge in [0.05, 0.1) is 25.4 Å². The number of carbonyl (C=O) groups excluding carboxylic acids is 2. The van der Waals surface area contributed by atoms with Crippen LogP contribution in [0.2, 0.25) is 0 Å². The number of hydrogen-bond donors (Lipinski definition) is 3. The Labute approximate surface area is 418 Å². The molecule has 0 radical (unpaired) electrons. The van der Waals surface area contributed by atoms with Crippen molar-refractivity contribution < 1.29 is 24.5 Å². The van der Waals surface area contributed by atoms with Crippen LogP contribution in [0, 0.1) is 0 Å². The predicted octanol–water partition coefficient (Wildman–Crippen LogP) is 18.6. The van der Waals surface area contributed by atoms with Crippen molar-refractivity contribution in [3.05, 3.63) is 24.3 Å². The van der Waals surface area contributed by atoms with Gasteiger partial charge < -0.3 is 20.3 Å². The van der Waals surface area contributed by atoms with Crippen LogP contribution in [0.25, 0.3) is 0 Å². The molecule has 0 saturated heterocycles. The zero-order valence-electron chi connectivity index (χ0n) is 45.1. The van der Waals surface area contributed by atoms with E-state index >= 15 is 0 Å². The maximum Gasteiger partial charge on any atom is 0.305 e. The van der Waals surface area contributed by atoms with Crippen LogP contribution in [-0.2, 0) is 14.3 Å². The van der Waals surface area contributed by atoms with E-state index in [9.17, 15) is 19.8 Å². The number of unbranched alkanes of at least 4 members (excludes halogenated alkanes) is 43. The summed E-state index contributed by atoms with van der Waals surface area (Å²) in [6.07, 6.45) is 69.2. The quantitative estimate of drug-likeness (QED) is 0.0321. The molecule has 0 heterocycles. The number of nitrogens with one attached hydrogen (secondary N) is 1. The van der Waals surface area contributed by atoms with E-state index in [1.807, 2.05) is 6.08 Å². The van der Waals surface area contributed by atoms with E-state index in [0.29, 0.717) is 19.4 Å². The van der Waals surface area contributed by atoms with Crippen LogP contribution in [0.4, 0.5) is 0 Å². The van der Waals surface area contributed by atoms with Crippen LogP contribution in [-0.4, -0.2) is 47.4 Å². The second-order valence-electron chi connectivity index (χ2n) is 20.7. The molecule has 0 spiro atoms. The Morgan fingerprint density at radius 1 is 0.403 bits per heavy atom. The number of esters is 1. The third-order valence-electron chi connectivity index (χ3n) is 14.0. The molecule has 2 unspecified atom stereocenters. The molecule has 0 saturated carbocycles. The lowest BCUT2D eigenvalue weighted by atomic mass is 10.0. The molecule has 6 nitrogen and oxygen atoms in total. The van der Waals surface area contributed by atoms with E-state index in [2.05, 4.69) is 31.3 Å². The van der Waals surface area contributed by atoms with Crippen molar-refractivity contribution in [2.45, 2.75) is 341 Å². The second kappa shape index (κ2) is 56.9. The predicted molar refractivity (Wildman–Crippen MR) is 292 cm³/mol. The van der Waals surface area contributed by atoms with Gasteiger partial charge in [-0.25, -0.2) is 0 Å². The number of aliphatic hydroxyl groups is 2. The van der Waals surface area contributed by atoms with Crippen molar-refractivity contribution >= 4 is 11.9 Å². The number of amides is 1. The van der Waals surface area contributed by atoms with Gasteiger partial charge in [-0.3, -0.25) is 9.59 Å². The standard InChI is InChI=1S/C61H117NO5/c1-3-5-7-9-11-13-15-17-18-19-20-21-22-23-26-30-33-37-41-45-49-53-59(64)58(57-63)62-60(65)54-50-46-42-38-34-31-27-24-25-28-32-36-40-44-48-52-56-67-61(66)55-51-47-43-39-35-29-16-14-12-10-8-6-4-2/h14,16,49,53,58-59,63-64H,3-13,15,17-48,50-52,54-57H2,1-2H3,(H,62,65)/b16-14-,53-49+. The number of carbonyl (C=O) groups is 2. The third kappa shape index (κ3) is 53.5. The Kier molecular flexibility index (Phi) is 55.5. The summed E-state index contributed by atoms with van der Waals surface area (Å²) in [5, 5.41) is 23.2. The van der Waals surface area contributed by atoms with Crippen LogP contribution >= 0.6 is 0 Å². The van der Waals surface area contributed by atoms with Gasteiger partial charge in [-0.2, -0.15) is 0 Å². The highest BCUT2D eigenvalue weighted by molar-refractivity contribution is 5.76.